The van der Waals surface area contributed by atoms with Crippen molar-refractivity contribution in [2.75, 3.05) is 11.9 Å². The van der Waals surface area contributed by atoms with Crippen molar-refractivity contribution in [3.8, 4) is 0 Å². The molecule has 1 aliphatic rings. The van der Waals surface area contributed by atoms with Gasteiger partial charge in [-0.15, -0.1) is 0 Å². The molecule has 3 rings (SSSR count). The van der Waals surface area contributed by atoms with Crippen LogP contribution in [0.25, 0.3) is 0 Å². The molecule has 1 amide bonds. The Morgan fingerprint density at radius 2 is 2.25 bits per heavy atom. The number of aromatic nitrogens is 1. The molecule has 0 radical (unpaired) electrons. The molecule has 2 N–H and O–H groups in total. The van der Waals surface area contributed by atoms with Crippen molar-refractivity contribution in [1.82, 2.24) is 10.3 Å². The van der Waals surface area contributed by atoms with Crippen molar-refractivity contribution in [3.05, 3.63) is 46.7 Å². The second-order valence-electron chi connectivity index (χ2n) is 4.97. The molecule has 0 spiro atoms. The van der Waals surface area contributed by atoms with Gasteiger partial charge in [-0.3, -0.25) is 4.79 Å². The molecular formula is C15H17N3O2. The van der Waals surface area contributed by atoms with Gasteiger partial charge in [-0.25, -0.2) is 4.98 Å². The molecule has 5 heteroatoms. The Labute approximate surface area is 117 Å². The SMILES string of the molecule is Cc1nc(C)c(C(=O)Nc2cccc3c2CNCC3)o1. The van der Waals surface area contributed by atoms with Crippen molar-refractivity contribution >= 4 is 11.6 Å². The maximum absolute atomic E-state index is 12.3. The van der Waals surface area contributed by atoms with Crippen LogP contribution >= 0.6 is 0 Å². The minimum atomic E-state index is -0.248. The molecule has 5 nitrogen and oxygen atoms in total. The van der Waals surface area contributed by atoms with E-state index in [1.165, 1.54) is 5.56 Å². The van der Waals surface area contributed by atoms with Gasteiger partial charge in [0.15, 0.2) is 5.89 Å². The third-order valence-corrected chi connectivity index (χ3v) is 3.50. The molecule has 0 saturated heterocycles. The summed E-state index contributed by atoms with van der Waals surface area (Å²) in [6.07, 6.45) is 0.986. The number of nitrogens with zero attached hydrogens (tertiary/aromatic N) is 1. The smallest absolute Gasteiger partial charge is 0.293 e. The third kappa shape index (κ3) is 2.32. The topological polar surface area (TPSA) is 67.2 Å². The first-order valence-corrected chi connectivity index (χ1v) is 6.72. The van der Waals surface area contributed by atoms with Gasteiger partial charge in [0, 0.05) is 19.2 Å². The number of fused-ring (bicyclic) bond motifs is 1. The molecule has 1 aromatic heterocycles. The normalized spacial score (nSPS) is 13.9. The average Bonchev–Trinajstić information content (AvgIpc) is 2.78. The van der Waals surface area contributed by atoms with Crippen LogP contribution in [0.5, 0.6) is 0 Å². The molecule has 1 aromatic carbocycles. The maximum Gasteiger partial charge on any atom is 0.293 e. The highest BCUT2D eigenvalue weighted by Crippen LogP contribution is 2.24. The summed E-state index contributed by atoms with van der Waals surface area (Å²) in [6.45, 7) is 5.26. The lowest BCUT2D eigenvalue weighted by molar-refractivity contribution is 0.0994. The molecule has 0 saturated carbocycles. The van der Waals surface area contributed by atoms with Gasteiger partial charge in [-0.05, 0) is 37.1 Å². The van der Waals surface area contributed by atoms with Crippen molar-refractivity contribution in [2.45, 2.75) is 26.8 Å². The fraction of sp³-hybridized carbons (Fsp3) is 0.333. The zero-order valence-corrected chi connectivity index (χ0v) is 11.6. The number of carbonyl (C=O) groups is 1. The molecular weight excluding hydrogens is 254 g/mol. The molecule has 2 aromatic rings. The lowest BCUT2D eigenvalue weighted by Gasteiger charge is -2.20. The van der Waals surface area contributed by atoms with Gasteiger partial charge < -0.3 is 15.1 Å². The van der Waals surface area contributed by atoms with E-state index in [9.17, 15) is 4.79 Å². The first-order chi connectivity index (χ1) is 9.65. The highest BCUT2D eigenvalue weighted by molar-refractivity contribution is 6.03. The summed E-state index contributed by atoms with van der Waals surface area (Å²) in [7, 11) is 0. The summed E-state index contributed by atoms with van der Waals surface area (Å²) in [5.74, 6) is 0.537. The number of anilines is 1. The number of rotatable bonds is 2. The molecule has 0 fully saturated rings. The summed E-state index contributed by atoms with van der Waals surface area (Å²) in [6, 6.07) is 6.00. The van der Waals surface area contributed by atoms with E-state index in [0.29, 0.717) is 11.6 Å². The number of nitrogens with one attached hydrogen (secondary N) is 2. The molecule has 1 aliphatic heterocycles. The molecule has 0 aliphatic carbocycles. The Kier molecular flexibility index (Phi) is 3.28. The van der Waals surface area contributed by atoms with Gasteiger partial charge in [0.1, 0.15) is 0 Å². The monoisotopic (exact) mass is 271 g/mol. The van der Waals surface area contributed by atoms with E-state index in [1.807, 2.05) is 12.1 Å². The van der Waals surface area contributed by atoms with E-state index in [4.69, 9.17) is 4.42 Å². The van der Waals surface area contributed by atoms with Crippen molar-refractivity contribution < 1.29 is 9.21 Å². The first kappa shape index (κ1) is 12.9. The summed E-state index contributed by atoms with van der Waals surface area (Å²) >= 11 is 0. The minimum Gasteiger partial charge on any atom is -0.436 e. The van der Waals surface area contributed by atoms with Gasteiger partial charge in [-0.1, -0.05) is 12.1 Å². The highest BCUT2D eigenvalue weighted by Gasteiger charge is 2.19. The number of benzene rings is 1. The van der Waals surface area contributed by atoms with Crippen LogP contribution in [0.3, 0.4) is 0 Å². The largest absolute Gasteiger partial charge is 0.436 e. The number of aryl methyl sites for hydroxylation is 2. The van der Waals surface area contributed by atoms with E-state index in [-0.39, 0.29) is 11.7 Å². The molecule has 0 atom stereocenters. The average molecular weight is 271 g/mol. The van der Waals surface area contributed by atoms with Crippen LogP contribution in [0.1, 0.15) is 33.3 Å². The second-order valence-corrected chi connectivity index (χ2v) is 4.97. The van der Waals surface area contributed by atoms with Gasteiger partial charge in [0.25, 0.3) is 5.91 Å². The Bertz CT molecular complexity index is 661. The summed E-state index contributed by atoms with van der Waals surface area (Å²) in [5.41, 5.74) is 3.89. The van der Waals surface area contributed by atoms with E-state index < -0.39 is 0 Å². The Balaban J connectivity index is 1.88. The first-order valence-electron chi connectivity index (χ1n) is 6.72. The van der Waals surface area contributed by atoms with Gasteiger partial charge in [0.05, 0.1) is 5.69 Å². The predicted octanol–water partition coefficient (Wildman–Crippen LogP) is 2.19. The van der Waals surface area contributed by atoms with Crippen molar-refractivity contribution in [1.29, 1.82) is 0 Å². The van der Waals surface area contributed by atoms with E-state index in [1.54, 1.807) is 13.8 Å². The Morgan fingerprint density at radius 1 is 1.40 bits per heavy atom. The lowest BCUT2D eigenvalue weighted by Crippen LogP contribution is -2.25. The summed E-state index contributed by atoms with van der Waals surface area (Å²) in [4.78, 5) is 16.4. The Hall–Kier alpha value is -2.14. The third-order valence-electron chi connectivity index (χ3n) is 3.50. The van der Waals surface area contributed by atoms with Gasteiger partial charge in [-0.2, -0.15) is 0 Å². The summed E-state index contributed by atoms with van der Waals surface area (Å²) in [5, 5.41) is 6.25. The zero-order chi connectivity index (χ0) is 14.1. The van der Waals surface area contributed by atoms with Gasteiger partial charge >= 0.3 is 0 Å². The molecule has 20 heavy (non-hydrogen) atoms. The van der Waals surface area contributed by atoms with Gasteiger partial charge in [0.2, 0.25) is 5.76 Å². The number of oxazole rings is 1. The molecule has 0 unspecified atom stereocenters. The van der Waals surface area contributed by atoms with E-state index >= 15 is 0 Å². The number of carbonyl (C=O) groups excluding carboxylic acids is 1. The quantitative estimate of drug-likeness (QED) is 0.878. The zero-order valence-electron chi connectivity index (χ0n) is 11.6. The van der Waals surface area contributed by atoms with Crippen LogP contribution in [-0.4, -0.2) is 17.4 Å². The predicted molar refractivity (Wildman–Crippen MR) is 75.8 cm³/mol. The number of amides is 1. The molecule has 0 bridgehead atoms. The number of hydrogen-bond donors (Lipinski definition) is 2. The second kappa shape index (κ2) is 5.09. The standard InChI is InChI=1S/C15H17N3O2/c1-9-14(20-10(2)17-9)15(19)18-13-5-3-4-11-6-7-16-8-12(11)13/h3-5,16H,6-8H2,1-2H3,(H,18,19). The highest BCUT2D eigenvalue weighted by atomic mass is 16.4. The van der Waals surface area contributed by atoms with Crippen LogP contribution in [0.15, 0.2) is 22.6 Å². The Morgan fingerprint density at radius 3 is 3.00 bits per heavy atom. The molecule has 2 heterocycles. The van der Waals surface area contributed by atoms with E-state index in [2.05, 4.69) is 21.7 Å². The van der Waals surface area contributed by atoms with Crippen LogP contribution in [0, 0.1) is 13.8 Å². The summed E-state index contributed by atoms with van der Waals surface area (Å²) < 4.78 is 5.35. The van der Waals surface area contributed by atoms with Crippen LogP contribution in [0.4, 0.5) is 5.69 Å². The number of hydrogen-bond acceptors (Lipinski definition) is 4. The fourth-order valence-electron chi connectivity index (χ4n) is 2.55. The van der Waals surface area contributed by atoms with E-state index in [0.717, 1.165) is 30.8 Å². The van der Waals surface area contributed by atoms with Crippen molar-refractivity contribution in [3.63, 3.8) is 0 Å². The fourth-order valence-corrected chi connectivity index (χ4v) is 2.55. The molecule has 104 valence electrons. The van der Waals surface area contributed by atoms with Crippen LogP contribution < -0.4 is 10.6 Å². The van der Waals surface area contributed by atoms with Crippen molar-refractivity contribution in [2.24, 2.45) is 0 Å². The van der Waals surface area contributed by atoms with Crippen LogP contribution in [0.2, 0.25) is 0 Å². The van der Waals surface area contributed by atoms with Crippen LogP contribution in [-0.2, 0) is 13.0 Å². The lowest BCUT2D eigenvalue weighted by atomic mass is 9.99. The maximum atomic E-state index is 12.3. The minimum absolute atomic E-state index is 0.248.